The minimum absolute atomic E-state index is 0.132. The molecule has 2 aliphatic rings. The quantitative estimate of drug-likeness (QED) is 0.577. The van der Waals surface area contributed by atoms with Crippen LogP contribution in [0.4, 0.5) is 0 Å². The van der Waals surface area contributed by atoms with E-state index in [9.17, 15) is 9.90 Å². The number of likely N-dealkylation sites (tertiary alicyclic amines) is 1. The smallest absolute Gasteiger partial charge is 0.228 e. The summed E-state index contributed by atoms with van der Waals surface area (Å²) in [6.45, 7) is 2.83. The lowest BCUT2D eigenvalue weighted by Gasteiger charge is -2.39. The molecule has 1 unspecified atom stereocenters. The molecule has 2 fully saturated rings. The van der Waals surface area contributed by atoms with Crippen molar-refractivity contribution in [3.05, 3.63) is 0 Å². The zero-order valence-corrected chi connectivity index (χ0v) is 8.44. The first-order chi connectivity index (χ1) is 6.70. The summed E-state index contributed by atoms with van der Waals surface area (Å²) in [5.74, 6) is 0.334. The Morgan fingerprint density at radius 1 is 1.43 bits per heavy atom. The van der Waals surface area contributed by atoms with Crippen molar-refractivity contribution in [1.29, 1.82) is 0 Å². The third-order valence-electron chi connectivity index (χ3n) is 3.02. The van der Waals surface area contributed by atoms with Gasteiger partial charge in [-0.05, 0) is 13.5 Å². The first-order valence-electron chi connectivity index (χ1n) is 5.10. The number of nitrogens with one attached hydrogen (secondary N) is 1. The molecule has 0 radical (unpaired) electrons. The number of amides is 1. The van der Waals surface area contributed by atoms with Gasteiger partial charge in [-0.1, -0.05) is 0 Å². The van der Waals surface area contributed by atoms with Crippen molar-refractivity contribution in [3.63, 3.8) is 0 Å². The van der Waals surface area contributed by atoms with Crippen LogP contribution in [-0.4, -0.2) is 60.3 Å². The zero-order valence-electron chi connectivity index (χ0n) is 8.44. The molecule has 0 aromatic rings. The van der Waals surface area contributed by atoms with Crippen molar-refractivity contribution in [2.24, 2.45) is 5.92 Å². The number of carbonyl (C=O) groups excluding carboxylic acids is 1. The second-order valence-electron chi connectivity index (χ2n) is 4.05. The number of aliphatic hydroxyl groups excluding tert-OH is 1. The van der Waals surface area contributed by atoms with Crippen LogP contribution in [0.25, 0.3) is 0 Å². The third kappa shape index (κ3) is 1.75. The molecule has 5 heteroatoms. The molecular formula is C9H17N3O2. The maximum Gasteiger partial charge on any atom is 0.228 e. The largest absolute Gasteiger partial charge is 0.391 e. The fraction of sp³-hybridized carbons (Fsp3) is 0.889. The lowest BCUT2D eigenvalue weighted by Crippen LogP contribution is -2.58. The van der Waals surface area contributed by atoms with Crippen molar-refractivity contribution in [2.45, 2.75) is 12.5 Å². The van der Waals surface area contributed by atoms with Gasteiger partial charge in [0, 0.05) is 26.2 Å². The summed E-state index contributed by atoms with van der Waals surface area (Å²) in [6.07, 6.45) is 0.424. The summed E-state index contributed by atoms with van der Waals surface area (Å²) in [5, 5.41) is 11.3. The second-order valence-corrected chi connectivity index (χ2v) is 4.05. The molecule has 0 saturated carbocycles. The summed E-state index contributed by atoms with van der Waals surface area (Å²) in [5.41, 5.74) is 3.00. The van der Waals surface area contributed by atoms with Crippen molar-refractivity contribution in [2.75, 3.05) is 33.2 Å². The van der Waals surface area contributed by atoms with Crippen LogP contribution >= 0.6 is 0 Å². The molecule has 0 spiro atoms. The van der Waals surface area contributed by atoms with Gasteiger partial charge < -0.3 is 10.0 Å². The van der Waals surface area contributed by atoms with Crippen LogP contribution in [0.1, 0.15) is 6.42 Å². The molecule has 2 heterocycles. The molecule has 2 saturated heterocycles. The number of β-amino-alcohol motifs (C(OH)–C–C–N with tert-alkyl or cyclic N) is 1. The summed E-state index contributed by atoms with van der Waals surface area (Å²) < 4.78 is 0. The van der Waals surface area contributed by atoms with Gasteiger partial charge in [-0.15, -0.1) is 0 Å². The van der Waals surface area contributed by atoms with E-state index in [-0.39, 0.29) is 17.9 Å². The number of nitrogens with zero attached hydrogens (tertiary/aromatic N) is 2. The number of carbonyl (C=O) groups is 1. The molecule has 0 bridgehead atoms. The predicted molar refractivity (Wildman–Crippen MR) is 51.3 cm³/mol. The number of rotatable bonds is 2. The van der Waals surface area contributed by atoms with Crippen LogP contribution in [-0.2, 0) is 4.79 Å². The van der Waals surface area contributed by atoms with E-state index < -0.39 is 0 Å². The molecule has 0 aromatic carbocycles. The molecule has 0 aromatic heterocycles. The van der Waals surface area contributed by atoms with E-state index in [1.165, 1.54) is 0 Å². The van der Waals surface area contributed by atoms with E-state index in [1.807, 2.05) is 12.1 Å². The number of aliphatic hydroxyl groups is 1. The van der Waals surface area contributed by atoms with E-state index in [1.54, 1.807) is 4.90 Å². The molecular weight excluding hydrogens is 182 g/mol. The summed E-state index contributed by atoms with van der Waals surface area (Å²) in [4.78, 5) is 13.6. The van der Waals surface area contributed by atoms with Crippen molar-refractivity contribution >= 4 is 5.91 Å². The van der Waals surface area contributed by atoms with Crippen LogP contribution < -0.4 is 5.43 Å². The van der Waals surface area contributed by atoms with Crippen molar-refractivity contribution in [3.8, 4) is 0 Å². The van der Waals surface area contributed by atoms with Gasteiger partial charge in [0.1, 0.15) is 0 Å². The highest BCUT2D eigenvalue weighted by Gasteiger charge is 2.36. The Morgan fingerprint density at radius 2 is 2.14 bits per heavy atom. The highest BCUT2D eigenvalue weighted by atomic mass is 16.3. The van der Waals surface area contributed by atoms with Crippen LogP contribution in [0.5, 0.6) is 0 Å². The van der Waals surface area contributed by atoms with E-state index in [0.29, 0.717) is 6.54 Å². The molecule has 0 aliphatic carbocycles. The Balaban J connectivity index is 1.79. The molecule has 1 amide bonds. The van der Waals surface area contributed by atoms with Crippen LogP contribution in [0.2, 0.25) is 0 Å². The normalized spacial score (nSPS) is 29.3. The molecule has 2 aliphatic heterocycles. The topological polar surface area (TPSA) is 55.8 Å². The minimum Gasteiger partial charge on any atom is -0.391 e. The number of hydrogen-bond acceptors (Lipinski definition) is 4. The maximum atomic E-state index is 11.8. The predicted octanol–water partition coefficient (Wildman–Crippen LogP) is -1.35. The summed E-state index contributed by atoms with van der Waals surface area (Å²) >= 11 is 0. The van der Waals surface area contributed by atoms with E-state index >= 15 is 0 Å². The first-order valence-corrected chi connectivity index (χ1v) is 5.10. The minimum atomic E-state index is -0.306. The van der Waals surface area contributed by atoms with Crippen molar-refractivity contribution < 1.29 is 9.90 Å². The Bertz CT molecular complexity index is 228. The fourth-order valence-corrected chi connectivity index (χ4v) is 2.02. The lowest BCUT2D eigenvalue weighted by atomic mass is 10.0. The average Bonchev–Trinajstić information content (AvgIpc) is 2.49. The van der Waals surface area contributed by atoms with Crippen LogP contribution in [0.15, 0.2) is 0 Å². The summed E-state index contributed by atoms with van der Waals surface area (Å²) in [6, 6.07) is 0. The highest BCUT2D eigenvalue weighted by Crippen LogP contribution is 2.19. The zero-order chi connectivity index (χ0) is 10.1. The maximum absolute atomic E-state index is 11.8. The van der Waals surface area contributed by atoms with E-state index in [2.05, 4.69) is 5.43 Å². The number of hydrogen-bond donors (Lipinski definition) is 2. The molecule has 1 atom stereocenters. The van der Waals surface area contributed by atoms with Crippen molar-refractivity contribution in [1.82, 2.24) is 15.3 Å². The Morgan fingerprint density at radius 3 is 2.64 bits per heavy atom. The van der Waals surface area contributed by atoms with E-state index in [4.69, 9.17) is 0 Å². The summed E-state index contributed by atoms with van der Waals surface area (Å²) in [7, 11) is 1.86. The Labute approximate surface area is 83.6 Å². The molecule has 2 N–H and O–H groups in total. The molecule has 80 valence electrons. The Kier molecular flexibility index (Phi) is 2.71. The van der Waals surface area contributed by atoms with Gasteiger partial charge >= 0.3 is 0 Å². The first kappa shape index (κ1) is 9.89. The average molecular weight is 199 g/mol. The molecule has 5 nitrogen and oxygen atoms in total. The van der Waals surface area contributed by atoms with Gasteiger partial charge in [0.2, 0.25) is 5.91 Å². The van der Waals surface area contributed by atoms with Gasteiger partial charge in [-0.2, -0.15) is 0 Å². The molecule has 14 heavy (non-hydrogen) atoms. The third-order valence-corrected chi connectivity index (χ3v) is 3.02. The fourth-order valence-electron chi connectivity index (χ4n) is 2.02. The van der Waals surface area contributed by atoms with Gasteiger partial charge in [-0.3, -0.25) is 10.2 Å². The van der Waals surface area contributed by atoms with Gasteiger partial charge in [-0.25, -0.2) is 5.01 Å². The number of hydrazine groups is 1. The van der Waals surface area contributed by atoms with Crippen LogP contribution in [0, 0.1) is 5.92 Å². The van der Waals surface area contributed by atoms with Gasteiger partial charge in [0.15, 0.2) is 0 Å². The SMILES string of the molecule is CNN1CC(C(=O)N2CCC(O)C2)C1. The highest BCUT2D eigenvalue weighted by molar-refractivity contribution is 5.80. The van der Waals surface area contributed by atoms with Gasteiger partial charge in [0.05, 0.1) is 12.0 Å². The lowest BCUT2D eigenvalue weighted by molar-refractivity contribution is -0.141. The van der Waals surface area contributed by atoms with Gasteiger partial charge in [0.25, 0.3) is 0 Å². The Hall–Kier alpha value is -0.650. The standard InChI is InChI=1S/C9H17N3O2/c1-10-12-4-7(5-12)9(14)11-3-2-8(13)6-11/h7-8,10,13H,2-6H2,1H3. The molecule has 2 rings (SSSR count). The second kappa shape index (κ2) is 3.84. The monoisotopic (exact) mass is 199 g/mol. The van der Waals surface area contributed by atoms with Crippen LogP contribution in [0.3, 0.4) is 0 Å². The van der Waals surface area contributed by atoms with E-state index in [0.717, 1.165) is 26.1 Å².